The molecular weight excluding hydrogens is 290 g/mol. The van der Waals surface area contributed by atoms with Gasteiger partial charge >= 0.3 is 0 Å². The zero-order valence-corrected chi connectivity index (χ0v) is 13.9. The van der Waals surface area contributed by atoms with E-state index in [1.54, 1.807) is 12.1 Å². The van der Waals surface area contributed by atoms with Gasteiger partial charge in [0.1, 0.15) is 11.8 Å². The molecule has 2 saturated heterocycles. The number of rotatable bonds is 3. The monoisotopic (exact) mass is 317 g/mol. The van der Waals surface area contributed by atoms with Gasteiger partial charge in [0.25, 0.3) is 0 Å². The van der Waals surface area contributed by atoms with Gasteiger partial charge in [-0.15, -0.1) is 0 Å². The van der Waals surface area contributed by atoms with Crippen LogP contribution in [0.4, 0.5) is 0 Å². The van der Waals surface area contributed by atoms with Gasteiger partial charge in [0.2, 0.25) is 5.91 Å². The first-order valence-electron chi connectivity index (χ1n) is 8.67. The van der Waals surface area contributed by atoms with E-state index in [1.807, 2.05) is 17.0 Å². The number of benzene rings is 1. The molecule has 2 N–H and O–H groups in total. The van der Waals surface area contributed by atoms with E-state index >= 15 is 0 Å². The molecular formula is C18H27N3O2. The van der Waals surface area contributed by atoms with Crippen molar-refractivity contribution in [1.29, 1.82) is 0 Å². The molecule has 1 amide bonds. The summed E-state index contributed by atoms with van der Waals surface area (Å²) < 4.78 is 0. The van der Waals surface area contributed by atoms with Crippen LogP contribution < -0.4 is 5.32 Å². The van der Waals surface area contributed by atoms with Crippen LogP contribution in [0, 0.1) is 5.92 Å². The lowest BCUT2D eigenvalue weighted by Gasteiger charge is -2.39. The second-order valence-electron chi connectivity index (χ2n) is 6.79. The molecule has 126 valence electrons. The standard InChI is InChI=1S/C18H27N3O2/c1-14-5-9-20(10-6-14)17(15-3-2-4-16(22)13-15)18(23)21-11-7-19-8-12-21/h2-4,13-14,17,19,22H,5-12H2,1H3. The van der Waals surface area contributed by atoms with Gasteiger partial charge < -0.3 is 15.3 Å². The van der Waals surface area contributed by atoms with Crippen molar-refractivity contribution in [2.24, 2.45) is 5.92 Å². The highest BCUT2D eigenvalue weighted by Crippen LogP contribution is 2.30. The molecule has 2 aliphatic heterocycles. The Kier molecular flexibility index (Phi) is 5.18. The van der Waals surface area contributed by atoms with Gasteiger partial charge in [-0.2, -0.15) is 0 Å². The van der Waals surface area contributed by atoms with Crippen molar-refractivity contribution >= 4 is 5.91 Å². The lowest BCUT2D eigenvalue weighted by atomic mass is 9.95. The summed E-state index contributed by atoms with van der Waals surface area (Å²) in [7, 11) is 0. The second kappa shape index (κ2) is 7.32. The molecule has 1 atom stereocenters. The molecule has 1 aromatic carbocycles. The minimum Gasteiger partial charge on any atom is -0.508 e. The Morgan fingerprint density at radius 1 is 1.22 bits per heavy atom. The number of phenolic OH excluding ortho intramolecular Hbond substituents is 1. The number of nitrogens with zero attached hydrogens (tertiary/aromatic N) is 2. The van der Waals surface area contributed by atoms with E-state index in [1.165, 1.54) is 0 Å². The van der Waals surface area contributed by atoms with Crippen LogP contribution in [0.15, 0.2) is 24.3 Å². The van der Waals surface area contributed by atoms with Crippen molar-refractivity contribution in [1.82, 2.24) is 15.1 Å². The highest BCUT2D eigenvalue weighted by Gasteiger charge is 2.33. The zero-order chi connectivity index (χ0) is 16.2. The van der Waals surface area contributed by atoms with Crippen LogP contribution in [0.1, 0.15) is 31.4 Å². The molecule has 3 rings (SSSR count). The fourth-order valence-electron chi connectivity index (χ4n) is 3.55. The highest BCUT2D eigenvalue weighted by atomic mass is 16.3. The van der Waals surface area contributed by atoms with Gasteiger partial charge in [-0.1, -0.05) is 19.1 Å². The van der Waals surface area contributed by atoms with Gasteiger partial charge in [-0.05, 0) is 49.5 Å². The average molecular weight is 317 g/mol. The molecule has 1 aromatic rings. The van der Waals surface area contributed by atoms with Crippen LogP contribution >= 0.6 is 0 Å². The Hall–Kier alpha value is -1.59. The third-order valence-electron chi connectivity index (χ3n) is 5.03. The Balaban J connectivity index is 1.84. The fourth-order valence-corrected chi connectivity index (χ4v) is 3.55. The number of phenols is 1. The molecule has 23 heavy (non-hydrogen) atoms. The Labute approximate surface area is 138 Å². The first-order valence-corrected chi connectivity index (χ1v) is 8.67. The molecule has 0 saturated carbocycles. The van der Waals surface area contributed by atoms with Crippen LogP contribution in [-0.2, 0) is 4.79 Å². The fraction of sp³-hybridized carbons (Fsp3) is 0.611. The normalized spacial score (nSPS) is 22.0. The molecule has 1 unspecified atom stereocenters. The SMILES string of the molecule is CC1CCN(C(C(=O)N2CCNCC2)c2cccc(O)c2)CC1. The van der Waals surface area contributed by atoms with Gasteiger partial charge in [0.15, 0.2) is 0 Å². The molecule has 5 nitrogen and oxygen atoms in total. The van der Waals surface area contributed by atoms with Crippen LogP contribution in [0.2, 0.25) is 0 Å². The quantitative estimate of drug-likeness (QED) is 0.889. The number of carbonyl (C=O) groups excluding carboxylic acids is 1. The second-order valence-corrected chi connectivity index (χ2v) is 6.79. The van der Waals surface area contributed by atoms with Crippen molar-refractivity contribution in [3.63, 3.8) is 0 Å². The summed E-state index contributed by atoms with van der Waals surface area (Å²) in [5.74, 6) is 1.13. The first kappa shape index (κ1) is 16.3. The lowest BCUT2D eigenvalue weighted by Crippen LogP contribution is -2.51. The van der Waals surface area contributed by atoms with Crippen LogP contribution in [-0.4, -0.2) is 60.1 Å². The maximum atomic E-state index is 13.2. The van der Waals surface area contributed by atoms with E-state index in [9.17, 15) is 9.90 Å². The molecule has 0 aromatic heterocycles. The molecule has 5 heteroatoms. The molecule has 0 aliphatic carbocycles. The maximum absolute atomic E-state index is 13.2. The van der Waals surface area contributed by atoms with Gasteiger partial charge in [-0.25, -0.2) is 0 Å². The van der Waals surface area contributed by atoms with Crippen molar-refractivity contribution < 1.29 is 9.90 Å². The summed E-state index contributed by atoms with van der Waals surface area (Å²) in [6.07, 6.45) is 2.26. The third kappa shape index (κ3) is 3.85. The number of nitrogens with one attached hydrogen (secondary N) is 1. The van der Waals surface area contributed by atoms with Crippen molar-refractivity contribution in [3.8, 4) is 5.75 Å². The molecule has 0 spiro atoms. The average Bonchev–Trinajstić information content (AvgIpc) is 2.58. The Morgan fingerprint density at radius 2 is 1.91 bits per heavy atom. The van der Waals surface area contributed by atoms with E-state index in [0.29, 0.717) is 0 Å². The Bertz CT molecular complexity index is 535. The van der Waals surface area contributed by atoms with Gasteiger partial charge in [-0.3, -0.25) is 9.69 Å². The summed E-state index contributed by atoms with van der Waals surface area (Å²) in [4.78, 5) is 17.4. The lowest BCUT2D eigenvalue weighted by molar-refractivity contribution is -0.138. The van der Waals surface area contributed by atoms with Crippen LogP contribution in [0.25, 0.3) is 0 Å². The minimum atomic E-state index is -0.271. The molecule has 2 heterocycles. The highest BCUT2D eigenvalue weighted by molar-refractivity contribution is 5.83. The number of piperazine rings is 1. The summed E-state index contributed by atoms with van der Waals surface area (Å²) in [6.45, 7) is 7.40. The smallest absolute Gasteiger partial charge is 0.244 e. The molecule has 0 bridgehead atoms. The summed E-state index contributed by atoms with van der Waals surface area (Å²) in [5, 5.41) is 13.1. The van der Waals surface area contributed by atoms with E-state index in [0.717, 1.165) is 63.6 Å². The number of aromatic hydroxyl groups is 1. The predicted molar refractivity (Wildman–Crippen MR) is 90.3 cm³/mol. The van der Waals surface area contributed by atoms with Crippen molar-refractivity contribution in [2.45, 2.75) is 25.8 Å². The summed E-state index contributed by atoms with van der Waals surface area (Å²) in [5.41, 5.74) is 0.906. The first-order chi connectivity index (χ1) is 11.1. The maximum Gasteiger partial charge on any atom is 0.244 e. The van der Waals surface area contributed by atoms with Crippen molar-refractivity contribution in [3.05, 3.63) is 29.8 Å². The number of carbonyl (C=O) groups is 1. The number of piperidine rings is 1. The topological polar surface area (TPSA) is 55.8 Å². The Morgan fingerprint density at radius 3 is 2.57 bits per heavy atom. The van der Waals surface area contributed by atoms with Gasteiger partial charge in [0, 0.05) is 26.2 Å². The predicted octanol–water partition coefficient (Wildman–Crippen LogP) is 1.60. The van der Waals surface area contributed by atoms with E-state index in [2.05, 4.69) is 17.1 Å². The summed E-state index contributed by atoms with van der Waals surface area (Å²) >= 11 is 0. The van der Waals surface area contributed by atoms with Crippen LogP contribution in [0.5, 0.6) is 5.75 Å². The van der Waals surface area contributed by atoms with E-state index in [4.69, 9.17) is 0 Å². The number of amides is 1. The largest absolute Gasteiger partial charge is 0.508 e. The van der Waals surface area contributed by atoms with Gasteiger partial charge in [0.05, 0.1) is 0 Å². The minimum absolute atomic E-state index is 0.173. The molecule has 2 fully saturated rings. The molecule has 0 radical (unpaired) electrons. The summed E-state index contributed by atoms with van der Waals surface area (Å²) in [6, 6.07) is 6.92. The zero-order valence-electron chi connectivity index (χ0n) is 13.9. The number of likely N-dealkylation sites (tertiary alicyclic amines) is 1. The third-order valence-corrected chi connectivity index (χ3v) is 5.03. The van der Waals surface area contributed by atoms with Crippen LogP contribution in [0.3, 0.4) is 0 Å². The number of hydrogen-bond donors (Lipinski definition) is 2. The van der Waals surface area contributed by atoms with Crippen molar-refractivity contribution in [2.75, 3.05) is 39.3 Å². The number of hydrogen-bond acceptors (Lipinski definition) is 4. The molecule has 2 aliphatic rings. The van der Waals surface area contributed by atoms with E-state index < -0.39 is 0 Å². The van der Waals surface area contributed by atoms with E-state index in [-0.39, 0.29) is 17.7 Å².